The highest BCUT2D eigenvalue weighted by Crippen LogP contribution is 2.36. The van der Waals surface area contributed by atoms with Crippen molar-refractivity contribution >= 4 is 35.4 Å². The molecule has 2 heterocycles. The molecule has 2 N–H and O–H groups in total. The van der Waals surface area contributed by atoms with E-state index in [2.05, 4.69) is 15.3 Å². The summed E-state index contributed by atoms with van der Waals surface area (Å²) in [7, 11) is 1.32. The predicted octanol–water partition coefficient (Wildman–Crippen LogP) is 3.01. The number of rotatable bonds is 6. The molecule has 150 valence electrons. The van der Waals surface area contributed by atoms with Gasteiger partial charge in [0.15, 0.2) is 0 Å². The number of aromatic nitrogens is 2. The number of H-pyrrole nitrogens is 1. The average Bonchev–Trinajstić information content (AvgIpc) is 3.19. The number of nitrogens with zero attached hydrogens (tertiary/aromatic N) is 2. The number of ether oxygens (including phenoxy) is 1. The van der Waals surface area contributed by atoms with Gasteiger partial charge in [-0.2, -0.15) is 11.8 Å². The van der Waals surface area contributed by atoms with Gasteiger partial charge in [-0.05, 0) is 30.1 Å². The Kier molecular flexibility index (Phi) is 6.85. The van der Waals surface area contributed by atoms with E-state index >= 15 is 0 Å². The van der Waals surface area contributed by atoms with Gasteiger partial charge in [0.25, 0.3) is 0 Å². The van der Waals surface area contributed by atoms with Crippen LogP contribution in [0.1, 0.15) is 29.4 Å². The van der Waals surface area contributed by atoms with Crippen molar-refractivity contribution in [2.75, 3.05) is 25.7 Å². The zero-order valence-electron chi connectivity index (χ0n) is 15.8. The molecule has 1 aromatic carbocycles. The lowest BCUT2D eigenvalue weighted by Gasteiger charge is -2.36. The summed E-state index contributed by atoms with van der Waals surface area (Å²) in [5.74, 6) is 0.284. The molecule has 1 aliphatic heterocycles. The Bertz CT molecular complexity index is 844. The summed E-state index contributed by atoms with van der Waals surface area (Å²) >= 11 is 8.04. The monoisotopic (exact) mass is 422 g/mol. The molecule has 2 amide bonds. The number of imidazole rings is 1. The van der Waals surface area contributed by atoms with Crippen LogP contribution in [-0.4, -0.2) is 58.6 Å². The Morgan fingerprint density at radius 2 is 2.25 bits per heavy atom. The van der Waals surface area contributed by atoms with Crippen LogP contribution < -0.4 is 5.32 Å². The molecule has 0 fully saturated rings. The molecule has 0 spiro atoms. The van der Waals surface area contributed by atoms with Gasteiger partial charge in [0, 0.05) is 23.7 Å². The van der Waals surface area contributed by atoms with Gasteiger partial charge in [-0.15, -0.1) is 0 Å². The smallest absolute Gasteiger partial charge is 0.328 e. The summed E-state index contributed by atoms with van der Waals surface area (Å²) in [6, 6.07) is 5.95. The number of thioether (sulfide) groups is 1. The zero-order chi connectivity index (χ0) is 20.1. The molecule has 0 bridgehead atoms. The maximum Gasteiger partial charge on any atom is 0.328 e. The number of benzene rings is 1. The fraction of sp³-hybridized carbons (Fsp3) is 0.421. The second kappa shape index (κ2) is 9.34. The lowest BCUT2D eigenvalue weighted by atomic mass is 9.96. The molecule has 2 aromatic rings. The minimum Gasteiger partial charge on any atom is -0.467 e. The third kappa shape index (κ3) is 4.28. The van der Waals surface area contributed by atoms with Gasteiger partial charge in [0.05, 0.1) is 19.1 Å². The fourth-order valence-electron chi connectivity index (χ4n) is 3.37. The van der Waals surface area contributed by atoms with Crippen LogP contribution >= 0.6 is 23.4 Å². The van der Waals surface area contributed by atoms with Gasteiger partial charge in [-0.1, -0.05) is 29.8 Å². The molecule has 3 rings (SSSR count). The molecule has 0 aliphatic carbocycles. The molecule has 9 heteroatoms. The molecular weight excluding hydrogens is 400 g/mol. The zero-order valence-corrected chi connectivity index (χ0v) is 17.3. The number of carbonyl (C=O) groups excluding carboxylic acids is 2. The number of amides is 2. The Morgan fingerprint density at radius 1 is 1.46 bits per heavy atom. The number of hydrogen-bond acceptors (Lipinski definition) is 5. The molecule has 2 atom stereocenters. The molecule has 0 unspecified atom stereocenters. The third-order valence-corrected chi connectivity index (χ3v) is 5.77. The van der Waals surface area contributed by atoms with Crippen LogP contribution in [0.25, 0.3) is 0 Å². The van der Waals surface area contributed by atoms with Crippen LogP contribution in [0.3, 0.4) is 0 Å². The number of hydrogen-bond donors (Lipinski definition) is 2. The number of aromatic amines is 1. The van der Waals surface area contributed by atoms with E-state index in [1.54, 1.807) is 29.1 Å². The van der Waals surface area contributed by atoms with Crippen molar-refractivity contribution in [1.29, 1.82) is 0 Å². The second-order valence-electron chi connectivity index (χ2n) is 6.44. The normalized spacial score (nSPS) is 17.0. The van der Waals surface area contributed by atoms with Crippen LogP contribution in [0.4, 0.5) is 4.79 Å². The van der Waals surface area contributed by atoms with E-state index in [9.17, 15) is 9.59 Å². The van der Waals surface area contributed by atoms with Crippen LogP contribution in [-0.2, 0) is 16.0 Å². The number of urea groups is 1. The van der Waals surface area contributed by atoms with Gasteiger partial charge in [-0.3, -0.25) is 0 Å². The average molecular weight is 423 g/mol. The SMILES string of the molecule is COC(=O)[C@H](CCSC)NC(=O)N1CCc2[nH]cnc2[C@H]1c1ccccc1Cl. The maximum atomic E-state index is 13.1. The number of carbonyl (C=O) groups is 2. The van der Waals surface area contributed by atoms with Gasteiger partial charge < -0.3 is 19.9 Å². The standard InChI is InChI=1S/C19H23ClN4O3S/c1-27-18(25)15(8-10-28-2)23-19(26)24-9-7-14-16(22-11-21-14)17(24)12-5-3-4-6-13(12)20/h3-6,11,15,17H,7-10H2,1-2H3,(H,21,22)(H,23,26)/t15-,17+/m0/s1. The highest BCUT2D eigenvalue weighted by Gasteiger charge is 2.36. The number of methoxy groups -OCH3 is 1. The van der Waals surface area contributed by atoms with Gasteiger partial charge in [0.2, 0.25) is 0 Å². The summed E-state index contributed by atoms with van der Waals surface area (Å²) in [4.78, 5) is 34.5. The van der Waals surface area contributed by atoms with E-state index in [1.165, 1.54) is 7.11 Å². The van der Waals surface area contributed by atoms with Crippen molar-refractivity contribution in [2.24, 2.45) is 0 Å². The van der Waals surface area contributed by atoms with E-state index in [1.807, 2.05) is 24.5 Å². The quantitative estimate of drug-likeness (QED) is 0.699. The summed E-state index contributed by atoms with van der Waals surface area (Å²) in [5, 5.41) is 3.40. The molecule has 0 saturated carbocycles. The highest BCUT2D eigenvalue weighted by molar-refractivity contribution is 7.98. The minimum atomic E-state index is -0.697. The summed E-state index contributed by atoms with van der Waals surface area (Å²) < 4.78 is 4.85. The first kappa shape index (κ1) is 20.5. The summed E-state index contributed by atoms with van der Waals surface area (Å²) in [5.41, 5.74) is 2.56. The lowest BCUT2D eigenvalue weighted by molar-refractivity contribution is -0.142. The van der Waals surface area contributed by atoms with E-state index in [4.69, 9.17) is 16.3 Å². The van der Waals surface area contributed by atoms with Gasteiger partial charge in [-0.25, -0.2) is 14.6 Å². The minimum absolute atomic E-state index is 0.338. The number of fused-ring (bicyclic) bond motifs is 1. The van der Waals surface area contributed by atoms with Crippen molar-refractivity contribution < 1.29 is 14.3 Å². The molecule has 1 aromatic heterocycles. The Morgan fingerprint density at radius 3 is 2.96 bits per heavy atom. The van der Waals surface area contributed by atoms with Crippen molar-refractivity contribution in [3.05, 3.63) is 52.6 Å². The Labute approximate surface area is 173 Å². The number of esters is 1. The topological polar surface area (TPSA) is 87.3 Å². The van der Waals surface area contributed by atoms with Crippen LogP contribution in [0, 0.1) is 0 Å². The van der Waals surface area contributed by atoms with E-state index in [-0.39, 0.29) is 6.03 Å². The van der Waals surface area contributed by atoms with Crippen molar-refractivity contribution in [3.63, 3.8) is 0 Å². The Hall–Kier alpha value is -2.19. The summed E-state index contributed by atoms with van der Waals surface area (Å²) in [6.07, 6.45) is 4.73. The Balaban J connectivity index is 1.89. The van der Waals surface area contributed by atoms with Crippen molar-refractivity contribution in [3.8, 4) is 0 Å². The van der Waals surface area contributed by atoms with Gasteiger partial charge >= 0.3 is 12.0 Å². The molecular formula is C19H23ClN4O3S. The van der Waals surface area contributed by atoms with E-state index in [0.29, 0.717) is 24.4 Å². The largest absolute Gasteiger partial charge is 0.467 e. The molecule has 7 nitrogen and oxygen atoms in total. The molecule has 28 heavy (non-hydrogen) atoms. The first-order valence-corrected chi connectivity index (χ1v) is 10.7. The van der Waals surface area contributed by atoms with Crippen LogP contribution in [0.2, 0.25) is 5.02 Å². The first-order chi connectivity index (χ1) is 13.6. The first-order valence-electron chi connectivity index (χ1n) is 8.97. The number of nitrogens with one attached hydrogen (secondary N) is 2. The maximum absolute atomic E-state index is 13.1. The van der Waals surface area contributed by atoms with E-state index < -0.39 is 18.1 Å². The molecule has 0 radical (unpaired) electrons. The molecule has 0 saturated heterocycles. The molecule has 1 aliphatic rings. The van der Waals surface area contributed by atoms with Gasteiger partial charge in [0.1, 0.15) is 12.1 Å². The third-order valence-electron chi connectivity index (χ3n) is 4.78. The predicted molar refractivity (Wildman–Crippen MR) is 110 cm³/mol. The van der Waals surface area contributed by atoms with Crippen LogP contribution in [0.5, 0.6) is 0 Å². The van der Waals surface area contributed by atoms with Crippen molar-refractivity contribution in [1.82, 2.24) is 20.2 Å². The van der Waals surface area contributed by atoms with Crippen LogP contribution in [0.15, 0.2) is 30.6 Å². The van der Waals surface area contributed by atoms with E-state index in [0.717, 1.165) is 22.7 Å². The number of halogens is 1. The fourth-order valence-corrected chi connectivity index (χ4v) is 4.08. The second-order valence-corrected chi connectivity index (χ2v) is 7.83. The lowest BCUT2D eigenvalue weighted by Crippen LogP contribution is -2.51. The summed E-state index contributed by atoms with van der Waals surface area (Å²) in [6.45, 7) is 0.480. The van der Waals surface area contributed by atoms with Crippen molar-refractivity contribution in [2.45, 2.75) is 24.9 Å². The highest BCUT2D eigenvalue weighted by atomic mass is 35.5.